The lowest BCUT2D eigenvalue weighted by Gasteiger charge is -2.17. The molecule has 43 heavy (non-hydrogen) atoms. The lowest BCUT2D eigenvalue weighted by atomic mass is 10.1. The van der Waals surface area contributed by atoms with Crippen molar-refractivity contribution in [2.24, 2.45) is 5.73 Å². The third-order valence-corrected chi connectivity index (χ3v) is 6.27. The molecule has 2 aromatic rings. The highest BCUT2D eigenvalue weighted by Crippen LogP contribution is 2.40. The van der Waals surface area contributed by atoms with E-state index in [0.29, 0.717) is 10.0 Å². The van der Waals surface area contributed by atoms with Crippen LogP contribution >= 0.6 is 11.3 Å². The van der Waals surface area contributed by atoms with Gasteiger partial charge in [0, 0.05) is 5.56 Å². The molecule has 0 aliphatic carbocycles. The molecule has 0 amide bonds. The standard InChI is InChI=1S/C20H28F3N3O2S.2C2HF3O2/c1-3-4-5-6-7-8-11-28-16-10-9-14(12-15(16)20(21,22)23)17-25-26-18(29-17)19(2,24)13-27;2*3-2(4,5)1(6)7/h9-10,12,27H,3-8,11,13,24H2,1-2H3;2*(H,6,7)/t19-;;/m0../s1. The number of aliphatic hydroxyl groups is 1. The van der Waals surface area contributed by atoms with Gasteiger partial charge in [-0.05, 0) is 31.5 Å². The number of hydrogen-bond donors (Lipinski definition) is 4. The molecule has 1 aromatic heterocycles. The van der Waals surface area contributed by atoms with E-state index in [9.17, 15) is 44.6 Å². The van der Waals surface area contributed by atoms with Gasteiger partial charge in [0.25, 0.3) is 0 Å². The van der Waals surface area contributed by atoms with Crippen LogP contribution in [0.3, 0.4) is 0 Å². The monoisotopic (exact) mass is 659 g/mol. The molecular formula is C24H30F9N3O6S. The predicted molar refractivity (Wildman–Crippen MR) is 135 cm³/mol. The van der Waals surface area contributed by atoms with Gasteiger partial charge in [-0.25, -0.2) is 9.59 Å². The summed E-state index contributed by atoms with van der Waals surface area (Å²) < 4.78 is 110. The van der Waals surface area contributed by atoms with Gasteiger partial charge in [-0.1, -0.05) is 50.4 Å². The Morgan fingerprint density at radius 1 is 0.884 bits per heavy atom. The van der Waals surface area contributed by atoms with Gasteiger partial charge in [0.2, 0.25) is 0 Å². The molecule has 1 aromatic carbocycles. The van der Waals surface area contributed by atoms with Crippen molar-refractivity contribution in [1.82, 2.24) is 10.2 Å². The van der Waals surface area contributed by atoms with Crippen LogP contribution in [0, 0.1) is 0 Å². The summed E-state index contributed by atoms with van der Waals surface area (Å²) in [6.07, 6.45) is -8.52. The number of carboxylic acid groups (broad SMARTS) is 2. The maximum atomic E-state index is 13.5. The maximum Gasteiger partial charge on any atom is 0.490 e. The Balaban J connectivity index is 0.00000104. The smallest absolute Gasteiger partial charge is 0.490 e. The van der Waals surface area contributed by atoms with Crippen molar-refractivity contribution < 1.29 is 69.2 Å². The van der Waals surface area contributed by atoms with E-state index in [1.54, 1.807) is 6.92 Å². The van der Waals surface area contributed by atoms with Crippen molar-refractivity contribution in [1.29, 1.82) is 0 Å². The first-order valence-corrected chi connectivity index (χ1v) is 13.1. The summed E-state index contributed by atoms with van der Waals surface area (Å²) in [5.74, 6) is -5.70. The summed E-state index contributed by atoms with van der Waals surface area (Å²) in [5.41, 5.74) is 4.26. The van der Waals surface area contributed by atoms with Gasteiger partial charge in [-0.3, -0.25) is 0 Å². The Morgan fingerprint density at radius 2 is 1.37 bits per heavy atom. The molecule has 1 atom stereocenters. The summed E-state index contributed by atoms with van der Waals surface area (Å²) in [5, 5.41) is 32.1. The Kier molecular flexibility index (Phi) is 15.9. The number of alkyl halides is 9. The number of halogens is 9. The van der Waals surface area contributed by atoms with Crippen molar-refractivity contribution in [2.75, 3.05) is 13.2 Å². The van der Waals surface area contributed by atoms with E-state index in [4.69, 9.17) is 30.3 Å². The lowest BCUT2D eigenvalue weighted by molar-refractivity contribution is -0.193. The quantitative estimate of drug-likeness (QED) is 0.158. The van der Waals surface area contributed by atoms with Crippen LogP contribution in [-0.4, -0.2) is 63.0 Å². The average molecular weight is 660 g/mol. The number of nitrogens with two attached hydrogens (primary N) is 1. The van der Waals surface area contributed by atoms with Gasteiger partial charge < -0.3 is 25.8 Å². The topological polar surface area (TPSA) is 156 Å². The van der Waals surface area contributed by atoms with E-state index in [2.05, 4.69) is 17.1 Å². The van der Waals surface area contributed by atoms with E-state index >= 15 is 0 Å². The molecule has 2 rings (SSSR count). The number of benzene rings is 1. The zero-order valence-electron chi connectivity index (χ0n) is 22.7. The molecule has 1 heterocycles. The van der Waals surface area contributed by atoms with E-state index in [1.807, 2.05) is 0 Å². The van der Waals surface area contributed by atoms with Gasteiger partial charge in [-0.2, -0.15) is 39.5 Å². The van der Waals surface area contributed by atoms with E-state index < -0.39 is 41.6 Å². The number of hydrogen-bond acceptors (Lipinski definition) is 8. The molecule has 0 unspecified atom stereocenters. The van der Waals surface area contributed by atoms with E-state index in [1.165, 1.54) is 18.6 Å². The maximum absolute atomic E-state index is 13.5. The largest absolute Gasteiger partial charge is 0.493 e. The average Bonchev–Trinajstić information content (AvgIpc) is 3.39. The SMILES string of the molecule is CCCCCCCCOc1ccc(-c2nnc([C@@](C)(N)CO)s2)cc1C(F)(F)F.O=C(O)C(F)(F)F.O=C(O)C(F)(F)F. The number of carboxylic acids is 2. The molecule has 246 valence electrons. The van der Waals surface area contributed by atoms with E-state index in [0.717, 1.165) is 49.5 Å². The summed E-state index contributed by atoms with van der Waals surface area (Å²) >= 11 is 1.06. The Bertz CT molecular complexity index is 1130. The van der Waals surface area contributed by atoms with Crippen LogP contribution in [-0.2, 0) is 21.3 Å². The second-order valence-electron chi connectivity index (χ2n) is 8.92. The first-order chi connectivity index (χ1) is 19.6. The van der Waals surface area contributed by atoms with Crippen molar-refractivity contribution >= 4 is 23.3 Å². The third-order valence-electron chi connectivity index (χ3n) is 5.01. The molecular weight excluding hydrogens is 629 g/mol. The molecule has 0 saturated carbocycles. The first kappa shape index (κ1) is 39.8. The van der Waals surface area contributed by atoms with Crippen molar-refractivity contribution in [3.63, 3.8) is 0 Å². The molecule has 5 N–H and O–H groups in total. The molecule has 0 saturated heterocycles. The number of unbranched alkanes of at least 4 members (excludes halogenated alkanes) is 5. The van der Waals surface area contributed by atoms with Crippen LogP contribution in [0.25, 0.3) is 10.6 Å². The number of rotatable bonds is 11. The van der Waals surface area contributed by atoms with Gasteiger partial charge in [0.1, 0.15) is 15.8 Å². The number of aromatic nitrogens is 2. The fraction of sp³-hybridized carbons (Fsp3) is 0.583. The van der Waals surface area contributed by atoms with Crippen molar-refractivity contribution in [2.45, 2.75) is 76.4 Å². The number of nitrogens with zero attached hydrogens (tertiary/aromatic N) is 2. The van der Waals surface area contributed by atoms with Crippen molar-refractivity contribution in [3.05, 3.63) is 28.8 Å². The molecule has 19 heteroatoms. The molecule has 0 fully saturated rings. The Labute approximate surface area is 243 Å². The van der Waals surface area contributed by atoms with Gasteiger partial charge in [0.05, 0.1) is 24.3 Å². The number of ether oxygens (including phenoxy) is 1. The molecule has 0 aliphatic rings. The molecule has 0 spiro atoms. The zero-order valence-corrected chi connectivity index (χ0v) is 23.6. The van der Waals surface area contributed by atoms with Crippen LogP contribution < -0.4 is 10.5 Å². The van der Waals surface area contributed by atoms with E-state index in [-0.39, 0.29) is 24.5 Å². The lowest BCUT2D eigenvalue weighted by Crippen LogP contribution is -2.36. The number of aliphatic hydroxyl groups excluding tert-OH is 1. The molecule has 9 nitrogen and oxygen atoms in total. The second kappa shape index (κ2) is 17.2. The van der Waals surface area contributed by atoms with Gasteiger partial charge in [-0.15, -0.1) is 10.2 Å². The Morgan fingerprint density at radius 3 is 1.81 bits per heavy atom. The van der Waals surface area contributed by atoms with Crippen LogP contribution in [0.5, 0.6) is 5.75 Å². The van der Waals surface area contributed by atoms with Crippen LogP contribution in [0.15, 0.2) is 18.2 Å². The number of aliphatic carboxylic acids is 2. The minimum Gasteiger partial charge on any atom is -0.493 e. The minimum absolute atomic E-state index is 0.182. The van der Waals surface area contributed by atoms with Crippen LogP contribution in [0.2, 0.25) is 0 Å². The first-order valence-electron chi connectivity index (χ1n) is 12.3. The van der Waals surface area contributed by atoms with Gasteiger partial charge in [0.15, 0.2) is 0 Å². The summed E-state index contributed by atoms with van der Waals surface area (Å²) in [6, 6.07) is 3.88. The highest BCUT2D eigenvalue weighted by Gasteiger charge is 2.39. The second-order valence-corrected chi connectivity index (χ2v) is 9.90. The normalized spacial score (nSPS) is 13.1. The predicted octanol–water partition coefficient (Wildman–Crippen LogP) is 6.40. The minimum atomic E-state index is -5.08. The summed E-state index contributed by atoms with van der Waals surface area (Å²) in [7, 11) is 0. The number of carbonyl (C=O) groups is 2. The molecule has 0 bridgehead atoms. The molecule has 0 radical (unpaired) electrons. The summed E-state index contributed by atoms with van der Waals surface area (Å²) in [6.45, 7) is 3.62. The highest BCUT2D eigenvalue weighted by atomic mass is 32.1. The highest BCUT2D eigenvalue weighted by molar-refractivity contribution is 7.14. The fourth-order valence-electron chi connectivity index (χ4n) is 2.71. The van der Waals surface area contributed by atoms with Gasteiger partial charge >= 0.3 is 30.5 Å². The van der Waals surface area contributed by atoms with Crippen LogP contribution in [0.1, 0.15) is 62.9 Å². The van der Waals surface area contributed by atoms with Crippen LogP contribution in [0.4, 0.5) is 39.5 Å². The van der Waals surface area contributed by atoms with Crippen molar-refractivity contribution in [3.8, 4) is 16.3 Å². The molecule has 0 aliphatic heterocycles. The Hall–Kier alpha value is -3.19. The fourth-order valence-corrected chi connectivity index (χ4v) is 3.60. The summed E-state index contributed by atoms with van der Waals surface area (Å²) in [4.78, 5) is 17.8. The third kappa shape index (κ3) is 15.2. The zero-order chi connectivity index (χ0) is 33.6.